The minimum absolute atomic E-state index is 0.0196. The molecule has 0 amide bonds. The van der Waals surface area contributed by atoms with Gasteiger partial charge < -0.3 is 0 Å². The molecule has 6 aromatic rings. The normalized spacial score (nSPS) is 13.2. The lowest BCUT2D eigenvalue weighted by atomic mass is 10.0. The summed E-state index contributed by atoms with van der Waals surface area (Å²) in [5.74, 6) is -0.0894. The van der Waals surface area contributed by atoms with Crippen molar-refractivity contribution in [1.82, 2.24) is 19.6 Å². The highest BCUT2D eigenvalue weighted by Crippen LogP contribution is 2.47. The molecule has 15 heteroatoms. The highest BCUT2D eigenvalue weighted by molar-refractivity contribution is 7.88. The third-order valence-corrected chi connectivity index (χ3v) is 12.6. The molecule has 46 heavy (non-hydrogen) atoms. The molecule has 4 aromatic heterocycles. The van der Waals surface area contributed by atoms with E-state index in [9.17, 15) is 17.8 Å². The average Bonchev–Trinajstić information content (AvgIpc) is 3.79. The number of Topliss-reactive ketones (excluding diaryl/α,β-unsaturated/α-hetero) is 1. The Morgan fingerprint density at radius 2 is 1.33 bits per heavy atom. The molecule has 0 spiro atoms. The van der Waals surface area contributed by atoms with Gasteiger partial charge >= 0.3 is 10.1 Å². The highest BCUT2D eigenvalue weighted by Gasteiger charge is 2.35. The van der Waals surface area contributed by atoms with E-state index >= 15 is 0 Å². The number of carbonyl (C=O) groups excluding carboxylic acids is 1. The lowest BCUT2D eigenvalue weighted by molar-refractivity contribution is -0.117. The number of fused-ring (bicyclic) bond motifs is 6. The van der Waals surface area contributed by atoms with E-state index in [4.69, 9.17) is 56.6 Å². The number of aromatic nitrogens is 4. The lowest BCUT2D eigenvalue weighted by Crippen LogP contribution is -2.11. The van der Waals surface area contributed by atoms with Crippen molar-refractivity contribution in [2.45, 2.75) is 29.9 Å². The zero-order valence-electron chi connectivity index (χ0n) is 23.2. The zero-order chi connectivity index (χ0) is 32.1. The van der Waals surface area contributed by atoms with Crippen LogP contribution < -0.4 is 0 Å². The largest absolute Gasteiger partial charge is 0.304 e. The van der Waals surface area contributed by atoms with Crippen molar-refractivity contribution in [3.63, 3.8) is 0 Å². The van der Waals surface area contributed by atoms with Crippen LogP contribution in [0, 0.1) is 0 Å². The summed E-state index contributed by atoms with van der Waals surface area (Å²) in [5, 5.41) is 13.5. The number of nitrogens with zero attached hydrogens (tertiary/aromatic N) is 4. The molecule has 4 heterocycles. The van der Waals surface area contributed by atoms with Crippen LogP contribution in [-0.2, 0) is 40.6 Å². The number of ketones is 1. The van der Waals surface area contributed by atoms with Gasteiger partial charge in [0.25, 0.3) is 0 Å². The van der Waals surface area contributed by atoms with Gasteiger partial charge in [0.2, 0.25) is 0 Å². The van der Waals surface area contributed by atoms with Crippen molar-refractivity contribution in [2.75, 3.05) is 0 Å². The van der Waals surface area contributed by atoms with Gasteiger partial charge in [-0.2, -0.15) is 18.6 Å². The fourth-order valence-electron chi connectivity index (χ4n) is 6.13. The standard InChI is InChI=1S/C31H18Cl4N4O4S3/c32-16-1-3-25(21(34)10-16)38-28-19(7-14-5-6-44-30(14)28)23(36-38)12-18(40)13-24-20-8-15-9-27(46(41,42)43)45-31(15)29(20)39(37-24)26-4-2-17(33)11-22(26)35/h1-6,9-11H,7-8,12-13H2,(H,41,42,43). The van der Waals surface area contributed by atoms with Gasteiger partial charge in [0, 0.05) is 34.0 Å². The predicted molar refractivity (Wildman–Crippen MR) is 182 cm³/mol. The molecule has 1 N–H and O–H groups in total. The number of thiophene rings is 2. The van der Waals surface area contributed by atoms with Gasteiger partial charge in [0.15, 0.2) is 0 Å². The summed E-state index contributed by atoms with van der Waals surface area (Å²) < 4.78 is 36.8. The molecule has 0 fully saturated rings. The molecule has 2 aliphatic rings. The van der Waals surface area contributed by atoms with Gasteiger partial charge in [-0.25, -0.2) is 9.36 Å². The quantitative estimate of drug-likeness (QED) is 0.164. The van der Waals surface area contributed by atoms with Crippen LogP contribution >= 0.6 is 69.1 Å². The Balaban J connectivity index is 1.17. The molecule has 2 aromatic carbocycles. The first-order valence-electron chi connectivity index (χ1n) is 13.8. The van der Waals surface area contributed by atoms with Crippen LogP contribution in [0.4, 0.5) is 0 Å². The Kier molecular flexibility index (Phi) is 7.28. The second-order valence-corrected chi connectivity index (χ2v) is 16.3. The van der Waals surface area contributed by atoms with Crippen molar-refractivity contribution in [3.8, 4) is 32.5 Å². The molecule has 2 aliphatic carbocycles. The monoisotopic (exact) mass is 746 g/mol. The van der Waals surface area contributed by atoms with E-state index in [1.807, 2.05) is 11.4 Å². The SMILES string of the molecule is O=C(Cc1nn(-c2ccc(Cl)cc2Cl)c2c1Cc1ccsc1-2)Cc1nn(-c2ccc(Cl)cc2Cl)c2c1Cc1cc(S(=O)(=O)O)sc1-2. The summed E-state index contributed by atoms with van der Waals surface area (Å²) in [4.78, 5) is 15.5. The van der Waals surface area contributed by atoms with E-state index in [-0.39, 0.29) is 22.8 Å². The van der Waals surface area contributed by atoms with Gasteiger partial charge in [0.05, 0.1) is 66.8 Å². The second-order valence-electron chi connectivity index (χ2n) is 11.0. The van der Waals surface area contributed by atoms with Crippen LogP contribution in [0.15, 0.2) is 58.1 Å². The van der Waals surface area contributed by atoms with Crippen molar-refractivity contribution in [1.29, 1.82) is 0 Å². The summed E-state index contributed by atoms with van der Waals surface area (Å²) >= 11 is 28.1. The smallest absolute Gasteiger partial charge is 0.299 e. The van der Waals surface area contributed by atoms with Crippen LogP contribution in [0.5, 0.6) is 0 Å². The molecule has 0 unspecified atom stereocenters. The number of carbonyl (C=O) groups is 1. The number of benzene rings is 2. The summed E-state index contributed by atoms with van der Waals surface area (Å²) in [6.45, 7) is 0. The molecule has 8 nitrogen and oxygen atoms in total. The second kappa shape index (κ2) is 11.0. The zero-order valence-corrected chi connectivity index (χ0v) is 28.7. The van der Waals surface area contributed by atoms with E-state index in [2.05, 4.69) is 6.07 Å². The van der Waals surface area contributed by atoms with Crippen molar-refractivity contribution >= 4 is 85.0 Å². The first kappa shape index (κ1) is 30.3. The van der Waals surface area contributed by atoms with E-state index in [1.165, 1.54) is 11.6 Å². The predicted octanol–water partition coefficient (Wildman–Crippen LogP) is 8.54. The minimum atomic E-state index is -4.40. The summed E-state index contributed by atoms with van der Waals surface area (Å²) in [5.41, 5.74) is 7.68. The van der Waals surface area contributed by atoms with Gasteiger partial charge in [0.1, 0.15) is 9.99 Å². The van der Waals surface area contributed by atoms with Crippen LogP contribution in [0.25, 0.3) is 32.5 Å². The van der Waals surface area contributed by atoms with E-state index in [0.29, 0.717) is 66.3 Å². The maximum atomic E-state index is 13.8. The molecule has 0 radical (unpaired) electrons. The van der Waals surface area contributed by atoms with Gasteiger partial charge in [-0.05, 0) is 65.0 Å². The average molecular weight is 749 g/mol. The number of halogens is 4. The number of hydrogen-bond donors (Lipinski definition) is 1. The summed E-state index contributed by atoms with van der Waals surface area (Å²) in [6.07, 6.45) is 1.11. The van der Waals surface area contributed by atoms with E-state index in [0.717, 1.165) is 38.6 Å². The number of hydrogen-bond acceptors (Lipinski definition) is 7. The maximum absolute atomic E-state index is 13.8. The third kappa shape index (κ3) is 4.96. The fourth-order valence-corrected chi connectivity index (χ4v) is 10.0. The third-order valence-electron chi connectivity index (χ3n) is 8.09. The first-order valence-corrected chi connectivity index (χ1v) is 18.4. The van der Waals surface area contributed by atoms with E-state index in [1.54, 1.807) is 51.0 Å². The molecule has 0 saturated carbocycles. The van der Waals surface area contributed by atoms with E-state index < -0.39 is 10.1 Å². The summed E-state index contributed by atoms with van der Waals surface area (Å²) in [7, 11) is -4.40. The Labute approximate surface area is 290 Å². The van der Waals surface area contributed by atoms with Crippen LogP contribution in [-0.4, -0.2) is 38.3 Å². The van der Waals surface area contributed by atoms with Crippen LogP contribution in [0.3, 0.4) is 0 Å². The van der Waals surface area contributed by atoms with Gasteiger partial charge in [-0.1, -0.05) is 46.4 Å². The lowest BCUT2D eigenvalue weighted by Gasteiger charge is -2.08. The Morgan fingerprint density at radius 3 is 1.87 bits per heavy atom. The molecule has 0 atom stereocenters. The highest BCUT2D eigenvalue weighted by atomic mass is 35.5. The Morgan fingerprint density at radius 1 is 0.783 bits per heavy atom. The molecule has 0 aliphatic heterocycles. The fraction of sp³-hybridized carbons (Fsp3) is 0.129. The Hall–Kier alpha value is -3.00. The topological polar surface area (TPSA) is 107 Å². The minimum Gasteiger partial charge on any atom is -0.299 e. The van der Waals surface area contributed by atoms with Crippen molar-refractivity contribution < 1.29 is 17.8 Å². The molecular formula is C31H18Cl4N4O4S3. The molecule has 0 saturated heterocycles. The summed E-state index contributed by atoms with van der Waals surface area (Å²) in [6, 6.07) is 13.8. The van der Waals surface area contributed by atoms with Gasteiger partial charge in [-0.15, -0.1) is 22.7 Å². The van der Waals surface area contributed by atoms with Gasteiger partial charge in [-0.3, -0.25) is 9.35 Å². The molecule has 232 valence electrons. The Bertz CT molecular complexity index is 2390. The molecular weight excluding hydrogens is 730 g/mol. The van der Waals surface area contributed by atoms with Crippen LogP contribution in [0.2, 0.25) is 20.1 Å². The van der Waals surface area contributed by atoms with Crippen LogP contribution in [0.1, 0.15) is 33.6 Å². The first-order chi connectivity index (χ1) is 22.0. The van der Waals surface area contributed by atoms with Crippen molar-refractivity contribution in [3.05, 3.63) is 108 Å². The maximum Gasteiger partial charge on any atom is 0.304 e. The molecule has 8 rings (SSSR count). The number of rotatable bonds is 7. The van der Waals surface area contributed by atoms with Crippen molar-refractivity contribution in [2.24, 2.45) is 0 Å². The molecule has 0 bridgehead atoms.